The van der Waals surface area contributed by atoms with Crippen LogP contribution in [0.4, 0.5) is 5.82 Å². The van der Waals surface area contributed by atoms with Crippen molar-refractivity contribution in [1.29, 1.82) is 0 Å². The van der Waals surface area contributed by atoms with Crippen molar-refractivity contribution in [2.45, 2.75) is 25.3 Å². The normalized spacial score (nSPS) is 15.6. The summed E-state index contributed by atoms with van der Waals surface area (Å²) < 4.78 is 5.10. The summed E-state index contributed by atoms with van der Waals surface area (Å²) in [6.07, 6.45) is 5.59. The fourth-order valence-electron chi connectivity index (χ4n) is 1.94. The number of methoxy groups -OCH3 is 1. The number of halogens is 1. The fraction of sp³-hybridized carbons (Fsp3) is 0.583. The van der Waals surface area contributed by atoms with Crippen LogP contribution >= 0.6 is 11.6 Å². The quantitative estimate of drug-likeness (QED) is 0.740. The molecule has 1 aliphatic rings. The van der Waals surface area contributed by atoms with E-state index >= 15 is 0 Å². The Morgan fingerprint density at radius 1 is 1.50 bits per heavy atom. The van der Waals surface area contributed by atoms with Crippen LogP contribution in [0.3, 0.4) is 0 Å². The van der Waals surface area contributed by atoms with Gasteiger partial charge in [0.2, 0.25) is 0 Å². The van der Waals surface area contributed by atoms with Crippen molar-refractivity contribution in [3.8, 4) is 5.75 Å². The van der Waals surface area contributed by atoms with Crippen molar-refractivity contribution < 1.29 is 4.74 Å². The van der Waals surface area contributed by atoms with Crippen LogP contribution in [0.1, 0.15) is 19.3 Å². The van der Waals surface area contributed by atoms with E-state index in [9.17, 15) is 0 Å². The van der Waals surface area contributed by atoms with Crippen LogP contribution in [-0.4, -0.2) is 30.6 Å². The van der Waals surface area contributed by atoms with E-state index in [1.807, 2.05) is 12.1 Å². The Bertz CT molecular complexity index is 324. The van der Waals surface area contributed by atoms with Gasteiger partial charge in [-0.2, -0.15) is 0 Å². The second-order valence-electron chi connectivity index (χ2n) is 4.02. The average molecular weight is 241 g/mol. The van der Waals surface area contributed by atoms with E-state index in [1.165, 1.54) is 19.3 Å². The third kappa shape index (κ3) is 2.40. The third-order valence-corrected chi connectivity index (χ3v) is 3.26. The maximum Gasteiger partial charge on any atom is 0.137 e. The Morgan fingerprint density at radius 3 is 2.75 bits per heavy atom. The number of hydrogen-bond acceptors (Lipinski definition) is 3. The summed E-state index contributed by atoms with van der Waals surface area (Å²) in [5.41, 5.74) is 0. The van der Waals surface area contributed by atoms with Gasteiger partial charge in [-0.05, 0) is 31.4 Å². The number of hydrogen-bond donors (Lipinski definition) is 0. The molecule has 1 heterocycles. The Hall–Kier alpha value is -0.960. The SMILES string of the molecule is COc1ccc(N(CCCl)C2CCC2)nc1. The molecule has 3 nitrogen and oxygen atoms in total. The lowest BCUT2D eigenvalue weighted by molar-refractivity contribution is 0.387. The summed E-state index contributed by atoms with van der Waals surface area (Å²) in [6, 6.07) is 4.58. The topological polar surface area (TPSA) is 25.4 Å². The van der Waals surface area contributed by atoms with Crippen LogP contribution in [0.2, 0.25) is 0 Å². The minimum absolute atomic E-state index is 0.625. The van der Waals surface area contributed by atoms with Crippen LogP contribution in [0.25, 0.3) is 0 Å². The van der Waals surface area contributed by atoms with Gasteiger partial charge in [-0.3, -0.25) is 0 Å². The molecule has 0 aliphatic heterocycles. The third-order valence-electron chi connectivity index (χ3n) is 3.09. The summed E-state index contributed by atoms with van der Waals surface area (Å²) in [6.45, 7) is 0.867. The van der Waals surface area contributed by atoms with E-state index in [4.69, 9.17) is 16.3 Å². The first-order chi connectivity index (χ1) is 7.85. The van der Waals surface area contributed by atoms with Crippen LogP contribution in [0.15, 0.2) is 18.3 Å². The van der Waals surface area contributed by atoms with Gasteiger partial charge in [0.05, 0.1) is 13.3 Å². The zero-order chi connectivity index (χ0) is 11.4. The van der Waals surface area contributed by atoms with Crippen molar-refractivity contribution in [2.75, 3.05) is 24.4 Å². The molecular formula is C12H17ClN2O. The summed E-state index contributed by atoms with van der Waals surface area (Å²) >= 11 is 5.84. The molecule has 0 N–H and O–H groups in total. The molecule has 0 radical (unpaired) electrons. The summed E-state index contributed by atoms with van der Waals surface area (Å²) in [7, 11) is 1.65. The van der Waals surface area contributed by atoms with Crippen LogP contribution in [0, 0.1) is 0 Å². The smallest absolute Gasteiger partial charge is 0.137 e. The molecule has 2 rings (SSSR count). The molecule has 1 saturated carbocycles. The van der Waals surface area contributed by atoms with Crippen LogP contribution < -0.4 is 9.64 Å². The van der Waals surface area contributed by atoms with Crippen molar-refractivity contribution in [3.05, 3.63) is 18.3 Å². The molecule has 0 unspecified atom stereocenters. The van der Waals surface area contributed by atoms with Gasteiger partial charge in [-0.15, -0.1) is 11.6 Å². The number of ether oxygens (including phenoxy) is 1. The van der Waals surface area contributed by atoms with Gasteiger partial charge in [-0.1, -0.05) is 0 Å². The van der Waals surface area contributed by atoms with Crippen molar-refractivity contribution in [2.24, 2.45) is 0 Å². The number of alkyl halides is 1. The lowest BCUT2D eigenvalue weighted by atomic mass is 9.91. The number of rotatable bonds is 5. The Morgan fingerprint density at radius 2 is 2.31 bits per heavy atom. The molecule has 1 aromatic heterocycles. The first kappa shape index (κ1) is 11.5. The summed E-state index contributed by atoms with van der Waals surface area (Å²) in [5.74, 6) is 2.44. The zero-order valence-corrected chi connectivity index (χ0v) is 10.3. The minimum Gasteiger partial charge on any atom is -0.495 e. The molecule has 0 saturated heterocycles. The first-order valence-electron chi connectivity index (χ1n) is 5.68. The Labute approximate surface area is 101 Å². The molecule has 0 spiro atoms. The predicted octanol–water partition coefficient (Wildman–Crippen LogP) is 2.69. The highest BCUT2D eigenvalue weighted by Gasteiger charge is 2.25. The molecule has 88 valence electrons. The van der Waals surface area contributed by atoms with E-state index in [2.05, 4.69) is 9.88 Å². The van der Waals surface area contributed by atoms with E-state index < -0.39 is 0 Å². The molecule has 4 heteroatoms. The van der Waals surface area contributed by atoms with Gasteiger partial charge in [0.15, 0.2) is 0 Å². The van der Waals surface area contributed by atoms with Crippen molar-refractivity contribution in [1.82, 2.24) is 4.98 Å². The molecule has 0 bridgehead atoms. The number of nitrogens with zero attached hydrogens (tertiary/aromatic N) is 2. The standard InChI is InChI=1S/C12H17ClN2O/c1-16-11-5-6-12(14-9-11)15(8-7-13)10-3-2-4-10/h5-6,9-10H,2-4,7-8H2,1H3. The average Bonchev–Trinajstić information content (AvgIpc) is 2.26. The van der Waals surface area contributed by atoms with E-state index in [1.54, 1.807) is 13.3 Å². The zero-order valence-electron chi connectivity index (χ0n) is 9.53. The van der Waals surface area contributed by atoms with E-state index in [-0.39, 0.29) is 0 Å². The fourth-order valence-corrected chi connectivity index (χ4v) is 2.12. The Balaban J connectivity index is 2.10. The molecule has 0 aromatic carbocycles. The predicted molar refractivity (Wildman–Crippen MR) is 66.5 cm³/mol. The van der Waals surface area contributed by atoms with Gasteiger partial charge in [0.1, 0.15) is 11.6 Å². The highest BCUT2D eigenvalue weighted by atomic mass is 35.5. The second-order valence-corrected chi connectivity index (χ2v) is 4.40. The molecular weight excluding hydrogens is 224 g/mol. The molecule has 0 amide bonds. The molecule has 1 fully saturated rings. The highest BCUT2D eigenvalue weighted by Crippen LogP contribution is 2.28. The molecule has 16 heavy (non-hydrogen) atoms. The van der Waals surface area contributed by atoms with Gasteiger partial charge in [0.25, 0.3) is 0 Å². The highest BCUT2D eigenvalue weighted by molar-refractivity contribution is 6.18. The van der Waals surface area contributed by atoms with Crippen molar-refractivity contribution >= 4 is 17.4 Å². The van der Waals surface area contributed by atoms with E-state index in [0.717, 1.165) is 18.1 Å². The summed E-state index contributed by atoms with van der Waals surface area (Å²) in [4.78, 5) is 6.72. The maximum absolute atomic E-state index is 5.84. The second kappa shape index (κ2) is 5.39. The molecule has 0 atom stereocenters. The number of anilines is 1. The number of pyridine rings is 1. The largest absolute Gasteiger partial charge is 0.495 e. The first-order valence-corrected chi connectivity index (χ1v) is 6.21. The van der Waals surface area contributed by atoms with Crippen molar-refractivity contribution in [3.63, 3.8) is 0 Å². The van der Waals surface area contributed by atoms with Gasteiger partial charge in [-0.25, -0.2) is 4.98 Å². The van der Waals surface area contributed by atoms with Crippen LogP contribution in [-0.2, 0) is 0 Å². The van der Waals surface area contributed by atoms with Crippen LogP contribution in [0.5, 0.6) is 5.75 Å². The monoisotopic (exact) mass is 240 g/mol. The van der Waals surface area contributed by atoms with Gasteiger partial charge >= 0.3 is 0 Å². The lowest BCUT2D eigenvalue weighted by Crippen LogP contribution is -2.41. The van der Waals surface area contributed by atoms with Gasteiger partial charge < -0.3 is 9.64 Å². The molecule has 1 aromatic rings. The number of aromatic nitrogens is 1. The summed E-state index contributed by atoms with van der Waals surface area (Å²) in [5, 5.41) is 0. The van der Waals surface area contributed by atoms with E-state index in [0.29, 0.717) is 11.9 Å². The minimum atomic E-state index is 0.625. The maximum atomic E-state index is 5.84. The molecule has 1 aliphatic carbocycles. The lowest BCUT2D eigenvalue weighted by Gasteiger charge is -2.38. The Kier molecular flexibility index (Phi) is 3.88. The van der Waals surface area contributed by atoms with Gasteiger partial charge in [0, 0.05) is 18.5 Å².